The minimum absolute atomic E-state index is 0.0323. The van der Waals surface area contributed by atoms with E-state index in [1.165, 1.54) is 0 Å². The molecule has 88 valence electrons. The molecule has 0 fully saturated rings. The minimum Gasteiger partial charge on any atom is -0.444 e. The third kappa shape index (κ3) is 7.00. The molecule has 0 aliphatic rings. The van der Waals surface area contributed by atoms with Crippen LogP contribution < -0.4 is 5.32 Å². The standard InChI is InChI=1S/C12H23NO2/c1-7-8-10(9(2)3)13-11(14)15-12(4,5)6/h7-10H,1-6H3,(H,13,14)/b8-7+/t10-/m1/s1. The van der Waals surface area contributed by atoms with Crippen LogP contribution >= 0.6 is 0 Å². The maximum absolute atomic E-state index is 11.5. The van der Waals surface area contributed by atoms with E-state index in [1.54, 1.807) is 0 Å². The number of alkyl carbamates (subject to hydrolysis) is 1. The fourth-order valence-corrected chi connectivity index (χ4v) is 1.09. The minimum atomic E-state index is -0.443. The monoisotopic (exact) mass is 213 g/mol. The van der Waals surface area contributed by atoms with Crippen LogP contribution in [0.3, 0.4) is 0 Å². The van der Waals surface area contributed by atoms with Crippen molar-refractivity contribution in [3.63, 3.8) is 0 Å². The summed E-state index contributed by atoms with van der Waals surface area (Å²) in [6.45, 7) is 11.6. The third-order valence-corrected chi connectivity index (χ3v) is 1.80. The average molecular weight is 213 g/mol. The molecule has 0 aliphatic heterocycles. The number of allylic oxidation sites excluding steroid dienone is 1. The van der Waals surface area contributed by atoms with Crippen LogP contribution in [0.15, 0.2) is 12.2 Å². The van der Waals surface area contributed by atoms with Gasteiger partial charge in [-0.2, -0.15) is 0 Å². The van der Waals surface area contributed by atoms with Crippen molar-refractivity contribution < 1.29 is 9.53 Å². The Labute approximate surface area is 92.9 Å². The van der Waals surface area contributed by atoms with Gasteiger partial charge in [0.1, 0.15) is 5.60 Å². The molecule has 3 nitrogen and oxygen atoms in total. The maximum atomic E-state index is 11.5. The van der Waals surface area contributed by atoms with Gasteiger partial charge >= 0.3 is 6.09 Å². The van der Waals surface area contributed by atoms with Crippen molar-refractivity contribution in [1.82, 2.24) is 5.32 Å². The molecule has 1 atom stereocenters. The Morgan fingerprint density at radius 1 is 1.33 bits per heavy atom. The predicted molar refractivity (Wildman–Crippen MR) is 62.8 cm³/mol. The molecule has 0 aromatic rings. The number of rotatable bonds is 3. The second-order valence-electron chi connectivity index (χ2n) is 4.94. The zero-order valence-electron chi connectivity index (χ0n) is 10.6. The number of hydrogen-bond donors (Lipinski definition) is 1. The van der Waals surface area contributed by atoms with Crippen molar-refractivity contribution in [1.29, 1.82) is 0 Å². The van der Waals surface area contributed by atoms with Gasteiger partial charge in [-0.3, -0.25) is 0 Å². The Bertz CT molecular complexity index is 226. The number of carbonyl (C=O) groups excluding carboxylic acids is 1. The molecular weight excluding hydrogens is 190 g/mol. The van der Waals surface area contributed by atoms with E-state index in [9.17, 15) is 4.79 Å². The highest BCUT2D eigenvalue weighted by molar-refractivity contribution is 5.68. The fourth-order valence-electron chi connectivity index (χ4n) is 1.09. The lowest BCUT2D eigenvalue weighted by Gasteiger charge is -2.23. The maximum Gasteiger partial charge on any atom is 0.408 e. The highest BCUT2D eigenvalue weighted by Gasteiger charge is 2.19. The highest BCUT2D eigenvalue weighted by atomic mass is 16.6. The van der Waals surface area contributed by atoms with Gasteiger partial charge in [-0.15, -0.1) is 0 Å². The summed E-state index contributed by atoms with van der Waals surface area (Å²) in [6.07, 6.45) is 3.54. The Balaban J connectivity index is 4.24. The van der Waals surface area contributed by atoms with Gasteiger partial charge in [0.25, 0.3) is 0 Å². The van der Waals surface area contributed by atoms with Crippen LogP contribution in [0.25, 0.3) is 0 Å². The number of carbonyl (C=O) groups is 1. The number of amides is 1. The first-order chi connectivity index (χ1) is 6.76. The molecule has 1 N–H and O–H groups in total. The van der Waals surface area contributed by atoms with Crippen LogP contribution in [0, 0.1) is 5.92 Å². The van der Waals surface area contributed by atoms with Crippen LogP contribution in [-0.4, -0.2) is 17.7 Å². The van der Waals surface area contributed by atoms with Gasteiger partial charge in [0, 0.05) is 0 Å². The number of nitrogens with one attached hydrogen (secondary N) is 1. The summed E-state index contributed by atoms with van der Waals surface area (Å²) in [7, 11) is 0. The van der Waals surface area contributed by atoms with Crippen molar-refractivity contribution in [3.05, 3.63) is 12.2 Å². The molecule has 0 bridgehead atoms. The van der Waals surface area contributed by atoms with E-state index in [0.717, 1.165) is 0 Å². The highest BCUT2D eigenvalue weighted by Crippen LogP contribution is 2.09. The van der Waals surface area contributed by atoms with Crippen molar-refractivity contribution in [2.45, 2.75) is 53.2 Å². The van der Waals surface area contributed by atoms with E-state index < -0.39 is 5.60 Å². The molecule has 0 aromatic carbocycles. The van der Waals surface area contributed by atoms with E-state index in [4.69, 9.17) is 4.74 Å². The normalized spacial score (nSPS) is 14.3. The topological polar surface area (TPSA) is 38.3 Å². The van der Waals surface area contributed by atoms with Crippen LogP contribution in [0.4, 0.5) is 4.79 Å². The Morgan fingerprint density at radius 3 is 2.20 bits per heavy atom. The zero-order chi connectivity index (χ0) is 12.1. The summed E-state index contributed by atoms with van der Waals surface area (Å²) in [5, 5.41) is 2.83. The lowest BCUT2D eigenvalue weighted by molar-refractivity contribution is 0.0504. The average Bonchev–Trinajstić information content (AvgIpc) is 1.99. The van der Waals surface area contributed by atoms with Gasteiger partial charge in [0.15, 0.2) is 0 Å². The molecule has 15 heavy (non-hydrogen) atoms. The lowest BCUT2D eigenvalue weighted by atomic mass is 10.0. The smallest absolute Gasteiger partial charge is 0.408 e. The van der Waals surface area contributed by atoms with E-state index in [1.807, 2.05) is 39.8 Å². The first-order valence-corrected chi connectivity index (χ1v) is 5.38. The van der Waals surface area contributed by atoms with Gasteiger partial charge in [-0.1, -0.05) is 26.0 Å². The molecule has 0 saturated heterocycles. The van der Waals surface area contributed by atoms with Crippen molar-refractivity contribution in [2.75, 3.05) is 0 Å². The van der Waals surface area contributed by atoms with Crippen LogP contribution in [0.2, 0.25) is 0 Å². The lowest BCUT2D eigenvalue weighted by Crippen LogP contribution is -2.40. The first kappa shape index (κ1) is 14.0. The quantitative estimate of drug-likeness (QED) is 0.731. The SMILES string of the molecule is C/C=C/[C@@H](NC(=O)OC(C)(C)C)C(C)C. The van der Waals surface area contributed by atoms with E-state index in [-0.39, 0.29) is 12.1 Å². The van der Waals surface area contributed by atoms with Gasteiger partial charge in [0.05, 0.1) is 6.04 Å². The summed E-state index contributed by atoms with van der Waals surface area (Å²) < 4.78 is 5.18. The Hall–Kier alpha value is -0.990. The van der Waals surface area contributed by atoms with Crippen molar-refractivity contribution in [3.8, 4) is 0 Å². The van der Waals surface area contributed by atoms with E-state index in [2.05, 4.69) is 19.2 Å². The molecule has 0 unspecified atom stereocenters. The zero-order valence-corrected chi connectivity index (χ0v) is 10.6. The van der Waals surface area contributed by atoms with E-state index in [0.29, 0.717) is 5.92 Å². The van der Waals surface area contributed by atoms with Crippen molar-refractivity contribution >= 4 is 6.09 Å². The number of hydrogen-bond acceptors (Lipinski definition) is 2. The summed E-state index contributed by atoms with van der Waals surface area (Å²) in [5.41, 5.74) is -0.443. The van der Waals surface area contributed by atoms with Crippen LogP contribution in [0.5, 0.6) is 0 Å². The molecule has 0 radical (unpaired) electrons. The summed E-state index contributed by atoms with van der Waals surface area (Å²) in [4.78, 5) is 11.5. The molecule has 3 heteroatoms. The molecule has 0 heterocycles. The molecular formula is C12H23NO2. The molecule has 0 rings (SSSR count). The van der Waals surface area contributed by atoms with Gasteiger partial charge in [-0.25, -0.2) is 4.79 Å². The summed E-state index contributed by atoms with van der Waals surface area (Å²) in [5.74, 6) is 0.355. The second kappa shape index (κ2) is 5.79. The molecule has 0 spiro atoms. The largest absolute Gasteiger partial charge is 0.444 e. The number of ether oxygens (including phenoxy) is 1. The molecule has 1 amide bonds. The Kier molecular flexibility index (Phi) is 5.40. The molecule has 0 saturated carbocycles. The van der Waals surface area contributed by atoms with Crippen molar-refractivity contribution in [2.24, 2.45) is 5.92 Å². The fraction of sp³-hybridized carbons (Fsp3) is 0.750. The van der Waals surface area contributed by atoms with Gasteiger partial charge < -0.3 is 10.1 Å². The van der Waals surface area contributed by atoms with Crippen LogP contribution in [-0.2, 0) is 4.74 Å². The van der Waals surface area contributed by atoms with E-state index >= 15 is 0 Å². The predicted octanol–water partition coefficient (Wildman–Crippen LogP) is 3.11. The van der Waals surface area contributed by atoms with Gasteiger partial charge in [0.2, 0.25) is 0 Å². The van der Waals surface area contributed by atoms with Gasteiger partial charge in [-0.05, 0) is 33.6 Å². The molecule has 0 aromatic heterocycles. The first-order valence-electron chi connectivity index (χ1n) is 5.38. The second-order valence-corrected chi connectivity index (χ2v) is 4.94. The third-order valence-electron chi connectivity index (χ3n) is 1.80. The molecule has 0 aliphatic carbocycles. The summed E-state index contributed by atoms with van der Waals surface area (Å²) in [6, 6.07) is 0.0323. The Morgan fingerprint density at radius 2 is 1.87 bits per heavy atom. The summed E-state index contributed by atoms with van der Waals surface area (Å²) >= 11 is 0. The van der Waals surface area contributed by atoms with Crippen LogP contribution in [0.1, 0.15) is 41.5 Å².